The summed E-state index contributed by atoms with van der Waals surface area (Å²) in [6, 6.07) is -0.00912. The topological polar surface area (TPSA) is 55.2 Å². The molecular formula is C12H16F3N3O2S. The summed E-state index contributed by atoms with van der Waals surface area (Å²) >= 11 is 0. The quantitative estimate of drug-likeness (QED) is 0.753. The minimum Gasteiger partial charge on any atom is -0.333 e. The van der Waals surface area contributed by atoms with Crippen LogP contribution >= 0.6 is 0 Å². The molecule has 118 valence electrons. The molecule has 0 fully saturated rings. The highest BCUT2D eigenvalue weighted by Crippen LogP contribution is 2.22. The van der Waals surface area contributed by atoms with E-state index in [1.54, 1.807) is 0 Å². The summed E-state index contributed by atoms with van der Waals surface area (Å²) in [5.41, 5.74) is 0. The molecule has 1 unspecified atom stereocenters. The monoisotopic (exact) mass is 323 g/mol. The molecule has 0 saturated heterocycles. The van der Waals surface area contributed by atoms with Crippen LogP contribution in [0.15, 0.2) is 17.6 Å². The van der Waals surface area contributed by atoms with Crippen molar-refractivity contribution in [3.8, 4) is 12.3 Å². The Bertz CT molecular complexity index is 616. The van der Waals surface area contributed by atoms with Crippen LogP contribution in [0.2, 0.25) is 0 Å². The Morgan fingerprint density at radius 2 is 2.14 bits per heavy atom. The van der Waals surface area contributed by atoms with Crippen LogP contribution in [0.1, 0.15) is 26.3 Å². The Balaban J connectivity index is 3.12. The minimum absolute atomic E-state index is 0.00912. The lowest BCUT2D eigenvalue weighted by atomic mass is 10.3. The molecule has 0 aliphatic rings. The van der Waals surface area contributed by atoms with Gasteiger partial charge < -0.3 is 4.57 Å². The van der Waals surface area contributed by atoms with Gasteiger partial charge in [0.05, 0.1) is 12.9 Å². The van der Waals surface area contributed by atoms with Crippen LogP contribution in [-0.4, -0.2) is 41.5 Å². The highest BCUT2D eigenvalue weighted by Gasteiger charge is 2.37. The first-order valence-electron chi connectivity index (χ1n) is 6.15. The minimum atomic E-state index is -4.68. The zero-order chi connectivity index (χ0) is 16.3. The maximum absolute atomic E-state index is 12.5. The number of sulfonamides is 1. The van der Waals surface area contributed by atoms with E-state index in [9.17, 15) is 21.6 Å². The van der Waals surface area contributed by atoms with Crippen LogP contribution in [0.4, 0.5) is 13.2 Å². The van der Waals surface area contributed by atoms with Gasteiger partial charge in [0.2, 0.25) is 0 Å². The van der Waals surface area contributed by atoms with Crippen LogP contribution in [0.25, 0.3) is 0 Å². The second-order valence-electron chi connectivity index (χ2n) is 4.51. The van der Waals surface area contributed by atoms with Crippen molar-refractivity contribution in [2.45, 2.75) is 37.5 Å². The van der Waals surface area contributed by atoms with Crippen LogP contribution in [-0.2, 0) is 10.0 Å². The van der Waals surface area contributed by atoms with Crippen LogP contribution < -0.4 is 0 Å². The van der Waals surface area contributed by atoms with Gasteiger partial charge in [-0.2, -0.15) is 17.5 Å². The van der Waals surface area contributed by atoms with Crippen molar-refractivity contribution in [3.05, 3.63) is 12.5 Å². The summed E-state index contributed by atoms with van der Waals surface area (Å²) in [4.78, 5) is 3.69. The van der Waals surface area contributed by atoms with E-state index >= 15 is 0 Å². The molecule has 21 heavy (non-hydrogen) atoms. The van der Waals surface area contributed by atoms with Crippen molar-refractivity contribution in [2.24, 2.45) is 0 Å². The molecule has 0 aliphatic heterocycles. The van der Waals surface area contributed by atoms with Crippen molar-refractivity contribution in [1.29, 1.82) is 0 Å². The Morgan fingerprint density at radius 3 is 2.62 bits per heavy atom. The van der Waals surface area contributed by atoms with Gasteiger partial charge in [0.1, 0.15) is 6.54 Å². The Morgan fingerprint density at radius 1 is 1.52 bits per heavy atom. The normalized spacial score (nSPS) is 14.1. The van der Waals surface area contributed by atoms with Crippen molar-refractivity contribution >= 4 is 10.0 Å². The SMILES string of the molecule is C#CCN(CC(F)(F)F)S(=O)(=O)c1cn(C(C)CC)cn1. The third kappa shape index (κ3) is 4.47. The summed E-state index contributed by atoms with van der Waals surface area (Å²) < 4.78 is 63.5. The molecule has 1 atom stereocenters. The number of nitrogens with zero attached hydrogens (tertiary/aromatic N) is 3. The van der Waals surface area contributed by atoms with E-state index in [1.165, 1.54) is 17.1 Å². The molecule has 0 saturated carbocycles. The standard InChI is InChI=1S/C12H16F3N3O2S/c1-4-6-18(8-12(13,14)15)21(19,20)11-7-17(9-16-11)10(3)5-2/h1,7,9-10H,5-6,8H2,2-3H3. The van der Waals surface area contributed by atoms with Gasteiger partial charge in [-0.1, -0.05) is 12.8 Å². The number of alkyl halides is 3. The predicted molar refractivity (Wildman–Crippen MR) is 70.9 cm³/mol. The number of hydrogen-bond acceptors (Lipinski definition) is 3. The number of hydrogen-bond donors (Lipinski definition) is 0. The lowest BCUT2D eigenvalue weighted by molar-refractivity contribution is -0.135. The summed E-state index contributed by atoms with van der Waals surface area (Å²) in [6.45, 7) is 1.42. The van der Waals surface area contributed by atoms with E-state index in [2.05, 4.69) is 4.98 Å². The van der Waals surface area contributed by atoms with Crippen molar-refractivity contribution in [2.75, 3.05) is 13.1 Å². The molecule has 0 spiro atoms. The smallest absolute Gasteiger partial charge is 0.333 e. The first-order valence-corrected chi connectivity index (χ1v) is 7.59. The molecule has 1 aromatic heterocycles. The molecule has 0 radical (unpaired) electrons. The second-order valence-corrected chi connectivity index (χ2v) is 6.39. The van der Waals surface area contributed by atoms with E-state index < -0.39 is 34.3 Å². The summed E-state index contributed by atoms with van der Waals surface area (Å²) in [7, 11) is -4.38. The molecule has 1 aromatic rings. The Labute approximate surface area is 121 Å². The Hall–Kier alpha value is -1.53. The number of rotatable bonds is 6. The van der Waals surface area contributed by atoms with Gasteiger partial charge in [0.15, 0.2) is 5.03 Å². The lowest BCUT2D eigenvalue weighted by Gasteiger charge is -2.20. The van der Waals surface area contributed by atoms with Crippen molar-refractivity contribution in [1.82, 2.24) is 13.9 Å². The third-order valence-corrected chi connectivity index (χ3v) is 4.58. The Kier molecular flexibility index (Phi) is 5.42. The largest absolute Gasteiger partial charge is 0.402 e. The maximum atomic E-state index is 12.5. The molecule has 9 heteroatoms. The molecule has 0 aliphatic carbocycles. The van der Waals surface area contributed by atoms with E-state index in [-0.39, 0.29) is 10.3 Å². The summed E-state index contributed by atoms with van der Waals surface area (Å²) in [6.07, 6.45) is 3.49. The molecule has 5 nitrogen and oxygen atoms in total. The highest BCUT2D eigenvalue weighted by molar-refractivity contribution is 7.89. The summed E-state index contributed by atoms with van der Waals surface area (Å²) in [5, 5.41) is -0.442. The second kappa shape index (κ2) is 6.49. The van der Waals surface area contributed by atoms with Gasteiger partial charge in [-0.15, -0.1) is 6.42 Å². The first-order chi connectivity index (χ1) is 9.61. The van der Waals surface area contributed by atoms with Gasteiger partial charge in [-0.05, 0) is 13.3 Å². The highest BCUT2D eigenvalue weighted by atomic mass is 32.2. The average Bonchev–Trinajstić information content (AvgIpc) is 2.86. The zero-order valence-corrected chi connectivity index (χ0v) is 12.4. The van der Waals surface area contributed by atoms with Gasteiger partial charge in [0, 0.05) is 12.2 Å². The van der Waals surface area contributed by atoms with E-state index in [4.69, 9.17) is 6.42 Å². The molecule has 0 bridgehead atoms. The van der Waals surface area contributed by atoms with Gasteiger partial charge >= 0.3 is 6.18 Å². The molecule has 1 heterocycles. The number of terminal acetylenes is 1. The molecule has 1 rings (SSSR count). The summed E-state index contributed by atoms with van der Waals surface area (Å²) in [5.74, 6) is 1.92. The molecular weight excluding hydrogens is 307 g/mol. The number of aromatic nitrogens is 2. The fourth-order valence-electron chi connectivity index (χ4n) is 1.56. The van der Waals surface area contributed by atoms with E-state index in [1.807, 2.05) is 19.8 Å². The van der Waals surface area contributed by atoms with Crippen LogP contribution in [0, 0.1) is 12.3 Å². The molecule has 0 aromatic carbocycles. The van der Waals surface area contributed by atoms with Gasteiger partial charge in [0.25, 0.3) is 10.0 Å². The fraction of sp³-hybridized carbons (Fsp3) is 0.583. The van der Waals surface area contributed by atoms with Crippen LogP contribution in [0.3, 0.4) is 0 Å². The van der Waals surface area contributed by atoms with Gasteiger partial charge in [-0.3, -0.25) is 0 Å². The zero-order valence-electron chi connectivity index (χ0n) is 11.6. The first kappa shape index (κ1) is 17.5. The van der Waals surface area contributed by atoms with E-state index in [0.717, 1.165) is 6.42 Å². The number of halogens is 3. The van der Waals surface area contributed by atoms with Crippen molar-refractivity contribution < 1.29 is 21.6 Å². The molecule has 0 N–H and O–H groups in total. The predicted octanol–water partition coefficient (Wildman–Crippen LogP) is 2.04. The van der Waals surface area contributed by atoms with Crippen molar-refractivity contribution in [3.63, 3.8) is 0 Å². The lowest BCUT2D eigenvalue weighted by Crippen LogP contribution is -2.39. The van der Waals surface area contributed by atoms with Crippen LogP contribution in [0.5, 0.6) is 0 Å². The average molecular weight is 323 g/mol. The third-order valence-electron chi connectivity index (χ3n) is 2.91. The molecule has 0 amide bonds. The van der Waals surface area contributed by atoms with Gasteiger partial charge in [-0.25, -0.2) is 13.4 Å². The maximum Gasteiger partial charge on any atom is 0.402 e. The van der Waals surface area contributed by atoms with E-state index in [0.29, 0.717) is 0 Å². The fourth-order valence-corrected chi connectivity index (χ4v) is 2.82. The number of imidazole rings is 1.